The van der Waals surface area contributed by atoms with Crippen molar-refractivity contribution in [2.45, 2.75) is 45.0 Å². The summed E-state index contributed by atoms with van der Waals surface area (Å²) >= 11 is 3.74. The Bertz CT molecular complexity index is 439. The van der Waals surface area contributed by atoms with Gasteiger partial charge in [-0.15, -0.1) is 0 Å². The maximum absolute atomic E-state index is 5.68. The molecule has 1 aromatic rings. The van der Waals surface area contributed by atoms with Gasteiger partial charge in [0.2, 0.25) is 11.8 Å². The Balaban J connectivity index is 2.17. The minimum Gasteiger partial charge on any atom is -0.475 e. The Labute approximate surface area is 123 Å². The van der Waals surface area contributed by atoms with Crippen molar-refractivity contribution in [1.29, 1.82) is 0 Å². The second kappa shape index (κ2) is 6.07. The van der Waals surface area contributed by atoms with Crippen LogP contribution in [-0.4, -0.2) is 34.0 Å². The number of nitrogens with zero attached hydrogens (tertiary/aromatic N) is 3. The van der Waals surface area contributed by atoms with Crippen molar-refractivity contribution in [1.82, 2.24) is 9.97 Å². The van der Waals surface area contributed by atoms with Gasteiger partial charge in [-0.3, -0.25) is 0 Å². The molecule has 0 aromatic carbocycles. The highest BCUT2D eigenvalue weighted by Gasteiger charge is 2.26. The second-order valence-corrected chi connectivity index (χ2v) is 6.72. The van der Waals surface area contributed by atoms with Crippen LogP contribution in [0.5, 0.6) is 5.88 Å². The van der Waals surface area contributed by atoms with Crippen LogP contribution >= 0.6 is 15.9 Å². The molecule has 1 fully saturated rings. The van der Waals surface area contributed by atoms with E-state index in [1.165, 1.54) is 0 Å². The monoisotopic (exact) mass is 327 g/mol. The average molecular weight is 328 g/mol. The quantitative estimate of drug-likeness (QED) is 0.799. The molecule has 1 aromatic heterocycles. The fraction of sp³-hybridized carbons (Fsp3) is 0.714. The van der Waals surface area contributed by atoms with E-state index in [0.29, 0.717) is 16.6 Å². The molecule has 0 N–H and O–H groups in total. The molecule has 0 amide bonds. The van der Waals surface area contributed by atoms with E-state index in [2.05, 4.69) is 37.7 Å². The van der Waals surface area contributed by atoms with Gasteiger partial charge in [-0.1, -0.05) is 22.9 Å². The van der Waals surface area contributed by atoms with E-state index in [4.69, 9.17) is 4.74 Å². The number of aromatic nitrogens is 2. The first-order valence-corrected chi connectivity index (χ1v) is 7.78. The Kier molecular flexibility index (Phi) is 4.66. The molecule has 1 saturated heterocycles. The van der Waals surface area contributed by atoms with Crippen LogP contribution < -0.4 is 9.64 Å². The van der Waals surface area contributed by atoms with Crippen molar-refractivity contribution in [3.05, 3.63) is 11.8 Å². The van der Waals surface area contributed by atoms with Crippen molar-refractivity contribution in [3.63, 3.8) is 0 Å². The molecular weight excluding hydrogens is 306 g/mol. The third kappa shape index (κ3) is 3.81. The summed E-state index contributed by atoms with van der Waals surface area (Å²) in [7, 11) is 0. The summed E-state index contributed by atoms with van der Waals surface area (Å²) in [5.41, 5.74) is 0.949. The van der Waals surface area contributed by atoms with E-state index in [-0.39, 0.29) is 6.10 Å². The Morgan fingerprint density at radius 3 is 2.79 bits per heavy atom. The Morgan fingerprint density at radius 2 is 2.16 bits per heavy atom. The maximum Gasteiger partial charge on any atom is 0.228 e. The van der Waals surface area contributed by atoms with Crippen molar-refractivity contribution in [3.8, 4) is 5.88 Å². The Hall–Kier alpha value is -0.840. The molecule has 5 heteroatoms. The van der Waals surface area contributed by atoms with Crippen LogP contribution in [0.3, 0.4) is 0 Å². The number of hydrogen-bond acceptors (Lipinski definition) is 4. The number of ether oxygens (including phenoxy) is 1. The topological polar surface area (TPSA) is 38.2 Å². The molecule has 4 nitrogen and oxygen atoms in total. The molecule has 2 atom stereocenters. The third-order valence-electron chi connectivity index (χ3n) is 3.32. The van der Waals surface area contributed by atoms with E-state index in [9.17, 15) is 0 Å². The van der Waals surface area contributed by atoms with Gasteiger partial charge in [-0.2, -0.15) is 4.98 Å². The molecule has 2 heterocycles. The number of anilines is 1. The molecule has 0 aliphatic carbocycles. The molecule has 0 saturated carbocycles. The predicted octanol–water partition coefficient (Wildman–Crippen LogP) is 3.18. The van der Waals surface area contributed by atoms with Crippen LogP contribution in [0.2, 0.25) is 0 Å². The van der Waals surface area contributed by atoms with E-state index in [1.54, 1.807) is 0 Å². The number of piperidine rings is 1. The fourth-order valence-corrected chi connectivity index (χ4v) is 2.79. The van der Waals surface area contributed by atoms with Crippen molar-refractivity contribution in [2.24, 2.45) is 5.92 Å². The summed E-state index contributed by atoms with van der Waals surface area (Å²) in [6.07, 6.45) is 1.29. The molecule has 0 bridgehead atoms. The predicted molar refractivity (Wildman–Crippen MR) is 81.2 cm³/mol. The van der Waals surface area contributed by atoms with Gasteiger partial charge in [0.05, 0.1) is 6.10 Å². The normalized spacial score (nSPS) is 23.8. The summed E-state index contributed by atoms with van der Waals surface area (Å²) in [4.78, 5) is 11.8. The summed E-state index contributed by atoms with van der Waals surface area (Å²) in [5.74, 6) is 2.15. The summed E-state index contributed by atoms with van der Waals surface area (Å²) in [6.45, 7) is 10.2. The smallest absolute Gasteiger partial charge is 0.228 e. The molecule has 1 aliphatic rings. The first kappa shape index (κ1) is 14.6. The molecule has 0 radical (unpaired) electrons. The van der Waals surface area contributed by atoms with Gasteiger partial charge in [-0.05, 0) is 33.1 Å². The standard InChI is InChI=1S/C14H22BrN3O/c1-9(2)19-13-7-11(4)16-14(17-13)18-6-5-10(3)12(15)8-18/h7,9-10,12H,5-6,8H2,1-4H3. The first-order valence-electron chi connectivity index (χ1n) is 6.87. The zero-order chi connectivity index (χ0) is 14.0. The van der Waals surface area contributed by atoms with E-state index in [0.717, 1.165) is 31.2 Å². The molecular formula is C14H22BrN3O. The van der Waals surface area contributed by atoms with E-state index in [1.807, 2.05) is 26.8 Å². The minimum absolute atomic E-state index is 0.132. The van der Waals surface area contributed by atoms with Gasteiger partial charge in [0.1, 0.15) is 0 Å². The molecule has 106 valence electrons. The third-order valence-corrected chi connectivity index (χ3v) is 4.52. The van der Waals surface area contributed by atoms with E-state index < -0.39 is 0 Å². The largest absolute Gasteiger partial charge is 0.475 e. The lowest BCUT2D eigenvalue weighted by Gasteiger charge is -2.34. The SMILES string of the molecule is Cc1cc(OC(C)C)nc(N2CCC(C)C(Br)C2)n1. The number of aryl methyl sites for hydroxylation is 1. The second-order valence-electron chi connectivity index (χ2n) is 5.54. The number of alkyl halides is 1. The molecule has 2 rings (SSSR count). The van der Waals surface area contributed by atoms with Gasteiger partial charge < -0.3 is 9.64 Å². The average Bonchev–Trinajstić information content (AvgIpc) is 2.31. The van der Waals surface area contributed by atoms with E-state index >= 15 is 0 Å². The van der Waals surface area contributed by atoms with Crippen LogP contribution in [0.4, 0.5) is 5.95 Å². The summed E-state index contributed by atoms with van der Waals surface area (Å²) < 4.78 is 5.68. The van der Waals surface area contributed by atoms with Gasteiger partial charge >= 0.3 is 0 Å². The van der Waals surface area contributed by atoms with Gasteiger partial charge in [0.15, 0.2) is 0 Å². The first-order chi connectivity index (χ1) is 8.95. The highest BCUT2D eigenvalue weighted by Crippen LogP contribution is 2.26. The lowest BCUT2D eigenvalue weighted by molar-refractivity contribution is 0.232. The highest BCUT2D eigenvalue weighted by atomic mass is 79.9. The van der Waals surface area contributed by atoms with Crippen LogP contribution in [-0.2, 0) is 0 Å². The number of halogens is 1. The lowest BCUT2D eigenvalue weighted by Crippen LogP contribution is -2.41. The van der Waals surface area contributed by atoms with Crippen molar-refractivity contribution >= 4 is 21.9 Å². The molecule has 2 unspecified atom stereocenters. The maximum atomic E-state index is 5.68. The van der Waals surface area contributed by atoms with Gasteiger partial charge in [0, 0.05) is 29.7 Å². The van der Waals surface area contributed by atoms with Crippen LogP contribution in [0.15, 0.2) is 6.07 Å². The van der Waals surface area contributed by atoms with Crippen molar-refractivity contribution in [2.75, 3.05) is 18.0 Å². The van der Waals surface area contributed by atoms with Gasteiger partial charge in [-0.25, -0.2) is 4.98 Å². The molecule has 0 spiro atoms. The van der Waals surface area contributed by atoms with Crippen molar-refractivity contribution < 1.29 is 4.74 Å². The highest BCUT2D eigenvalue weighted by molar-refractivity contribution is 9.09. The summed E-state index contributed by atoms with van der Waals surface area (Å²) in [6, 6.07) is 1.89. The Morgan fingerprint density at radius 1 is 1.42 bits per heavy atom. The summed E-state index contributed by atoms with van der Waals surface area (Å²) in [5, 5.41) is 0. The molecule has 19 heavy (non-hydrogen) atoms. The minimum atomic E-state index is 0.132. The zero-order valence-corrected chi connectivity index (χ0v) is 13.6. The number of hydrogen-bond donors (Lipinski definition) is 0. The zero-order valence-electron chi connectivity index (χ0n) is 12.1. The lowest BCUT2D eigenvalue weighted by atomic mass is 9.99. The number of rotatable bonds is 3. The fourth-order valence-electron chi connectivity index (χ4n) is 2.17. The molecule has 1 aliphatic heterocycles. The van der Waals surface area contributed by atoms with Crippen LogP contribution in [0.1, 0.15) is 32.9 Å². The van der Waals surface area contributed by atoms with Crippen LogP contribution in [0, 0.1) is 12.8 Å². The van der Waals surface area contributed by atoms with Crippen LogP contribution in [0.25, 0.3) is 0 Å². The van der Waals surface area contributed by atoms with Gasteiger partial charge in [0.25, 0.3) is 0 Å².